The van der Waals surface area contributed by atoms with E-state index in [9.17, 15) is 0 Å². The molecule has 1 saturated carbocycles. The van der Waals surface area contributed by atoms with Crippen molar-refractivity contribution in [3.8, 4) is 0 Å². The van der Waals surface area contributed by atoms with Crippen molar-refractivity contribution in [3.05, 3.63) is 12.4 Å². The number of nitrogens with one attached hydrogen (secondary N) is 2. The average Bonchev–Trinajstić information content (AvgIpc) is 2.85. The van der Waals surface area contributed by atoms with Crippen LogP contribution in [0.25, 0.3) is 0 Å². The Kier molecular flexibility index (Phi) is 5.76. The van der Waals surface area contributed by atoms with Crippen LogP contribution >= 0.6 is 11.8 Å². The molecule has 1 heterocycles. The molecule has 1 fully saturated rings. The van der Waals surface area contributed by atoms with E-state index in [1.165, 1.54) is 25.0 Å². The molecule has 19 heavy (non-hydrogen) atoms. The van der Waals surface area contributed by atoms with Gasteiger partial charge in [0.15, 0.2) is 0 Å². The van der Waals surface area contributed by atoms with Crippen LogP contribution in [0, 0.1) is 0 Å². The van der Waals surface area contributed by atoms with Crippen LogP contribution in [0.15, 0.2) is 12.4 Å². The Bertz CT molecular complexity index is 385. The van der Waals surface area contributed by atoms with Gasteiger partial charge in [0.25, 0.3) is 0 Å². The van der Waals surface area contributed by atoms with Gasteiger partial charge in [-0.3, -0.25) is 4.98 Å². The molecular weight excluding hydrogens is 256 g/mol. The first-order valence-corrected chi connectivity index (χ1v) is 8.32. The molecular formula is C14H24N4S. The summed E-state index contributed by atoms with van der Waals surface area (Å²) in [6, 6.07) is 0.542. The number of anilines is 2. The number of rotatable bonds is 7. The molecule has 2 atom stereocenters. The van der Waals surface area contributed by atoms with Gasteiger partial charge in [0.2, 0.25) is 0 Å². The topological polar surface area (TPSA) is 49.8 Å². The molecule has 2 unspecified atom stereocenters. The van der Waals surface area contributed by atoms with E-state index < -0.39 is 0 Å². The van der Waals surface area contributed by atoms with Gasteiger partial charge in [-0.25, -0.2) is 4.98 Å². The first-order chi connectivity index (χ1) is 9.33. The summed E-state index contributed by atoms with van der Waals surface area (Å²) in [5.74, 6) is 2.95. The minimum absolute atomic E-state index is 0.542. The summed E-state index contributed by atoms with van der Waals surface area (Å²) in [6.07, 6.45) is 8.58. The van der Waals surface area contributed by atoms with Crippen molar-refractivity contribution in [2.45, 2.75) is 50.8 Å². The zero-order valence-corrected chi connectivity index (χ0v) is 12.7. The number of aromatic nitrogens is 2. The molecule has 4 nitrogen and oxygen atoms in total. The lowest BCUT2D eigenvalue weighted by atomic mass is 10.2. The minimum atomic E-state index is 0.542. The Balaban J connectivity index is 1.94. The van der Waals surface area contributed by atoms with E-state index >= 15 is 0 Å². The van der Waals surface area contributed by atoms with Crippen molar-refractivity contribution >= 4 is 23.4 Å². The van der Waals surface area contributed by atoms with Crippen molar-refractivity contribution in [3.63, 3.8) is 0 Å². The molecule has 2 N–H and O–H groups in total. The molecule has 5 heteroatoms. The largest absolute Gasteiger partial charge is 0.369 e. The summed E-state index contributed by atoms with van der Waals surface area (Å²) in [6.45, 7) is 5.32. The van der Waals surface area contributed by atoms with E-state index in [0.29, 0.717) is 6.04 Å². The fourth-order valence-corrected chi connectivity index (χ4v) is 3.67. The maximum Gasteiger partial charge on any atom is 0.147 e. The van der Waals surface area contributed by atoms with Gasteiger partial charge in [0.1, 0.15) is 11.6 Å². The fraction of sp³-hybridized carbons (Fsp3) is 0.714. The van der Waals surface area contributed by atoms with Gasteiger partial charge in [0, 0.05) is 17.8 Å². The Morgan fingerprint density at radius 2 is 2.11 bits per heavy atom. The summed E-state index contributed by atoms with van der Waals surface area (Å²) >= 11 is 2.06. The number of hydrogen-bond donors (Lipinski definition) is 2. The summed E-state index contributed by atoms with van der Waals surface area (Å²) in [7, 11) is 0. The van der Waals surface area contributed by atoms with Crippen LogP contribution in [0.4, 0.5) is 11.6 Å². The second-order valence-corrected chi connectivity index (χ2v) is 6.41. The van der Waals surface area contributed by atoms with Gasteiger partial charge in [-0.05, 0) is 25.0 Å². The maximum absolute atomic E-state index is 4.57. The van der Waals surface area contributed by atoms with Crippen molar-refractivity contribution in [2.24, 2.45) is 0 Å². The summed E-state index contributed by atoms with van der Waals surface area (Å²) in [4.78, 5) is 8.83. The second kappa shape index (κ2) is 7.58. The fourth-order valence-electron chi connectivity index (χ4n) is 2.47. The predicted molar refractivity (Wildman–Crippen MR) is 84.0 cm³/mol. The van der Waals surface area contributed by atoms with Crippen LogP contribution in [0.3, 0.4) is 0 Å². The highest BCUT2D eigenvalue weighted by Gasteiger charge is 2.27. The third-order valence-corrected chi connectivity index (χ3v) is 4.68. The van der Waals surface area contributed by atoms with Crippen molar-refractivity contribution in [1.82, 2.24) is 9.97 Å². The average molecular weight is 280 g/mol. The normalized spacial score (nSPS) is 22.4. The highest BCUT2D eigenvalue weighted by atomic mass is 32.2. The Morgan fingerprint density at radius 3 is 2.89 bits per heavy atom. The third kappa shape index (κ3) is 4.27. The third-order valence-electron chi connectivity index (χ3n) is 3.36. The predicted octanol–water partition coefficient (Wildman–Crippen LogP) is 3.38. The van der Waals surface area contributed by atoms with Crippen LogP contribution < -0.4 is 10.6 Å². The van der Waals surface area contributed by atoms with Gasteiger partial charge < -0.3 is 10.6 Å². The van der Waals surface area contributed by atoms with Crippen LogP contribution in [-0.4, -0.2) is 33.6 Å². The van der Waals surface area contributed by atoms with E-state index in [4.69, 9.17) is 0 Å². The Hall–Kier alpha value is -0.970. The molecule has 0 aliphatic heterocycles. The second-order valence-electron chi connectivity index (χ2n) is 4.89. The standard InChI is InChI=1S/C14H24N4S/c1-3-8-16-13-9-15-10-14(18-13)17-11-6-5-7-12(11)19-4-2/h9-12H,3-8H2,1-2H3,(H2,16,17,18). The lowest BCUT2D eigenvalue weighted by Crippen LogP contribution is -2.26. The Labute approximate surface area is 120 Å². The molecule has 1 aliphatic rings. The van der Waals surface area contributed by atoms with Crippen LogP contribution in [-0.2, 0) is 0 Å². The molecule has 1 aliphatic carbocycles. The van der Waals surface area contributed by atoms with Crippen LogP contribution in [0.1, 0.15) is 39.5 Å². The molecule has 0 aromatic carbocycles. The van der Waals surface area contributed by atoms with E-state index in [1.807, 2.05) is 6.20 Å². The van der Waals surface area contributed by atoms with Crippen LogP contribution in [0.5, 0.6) is 0 Å². The lowest BCUT2D eigenvalue weighted by Gasteiger charge is -2.20. The Morgan fingerprint density at radius 1 is 1.26 bits per heavy atom. The molecule has 0 amide bonds. The smallest absolute Gasteiger partial charge is 0.147 e. The molecule has 106 valence electrons. The zero-order valence-electron chi connectivity index (χ0n) is 11.9. The van der Waals surface area contributed by atoms with Gasteiger partial charge in [0.05, 0.1) is 12.4 Å². The van der Waals surface area contributed by atoms with Gasteiger partial charge in [-0.2, -0.15) is 11.8 Å². The monoisotopic (exact) mass is 280 g/mol. The van der Waals surface area contributed by atoms with Crippen molar-refractivity contribution in [1.29, 1.82) is 0 Å². The highest BCUT2D eigenvalue weighted by molar-refractivity contribution is 7.99. The molecule has 0 bridgehead atoms. The van der Waals surface area contributed by atoms with Crippen LogP contribution in [0.2, 0.25) is 0 Å². The summed E-state index contributed by atoms with van der Waals surface area (Å²) in [5, 5.41) is 7.56. The van der Waals surface area contributed by atoms with Crippen molar-refractivity contribution in [2.75, 3.05) is 22.9 Å². The molecule has 0 saturated heterocycles. The zero-order chi connectivity index (χ0) is 13.5. The maximum atomic E-state index is 4.57. The summed E-state index contributed by atoms with van der Waals surface area (Å²) < 4.78 is 0. The van der Waals surface area contributed by atoms with E-state index in [2.05, 4.69) is 46.2 Å². The SMILES string of the molecule is CCCNc1cncc(NC2CCCC2SCC)n1. The molecule has 0 spiro atoms. The van der Waals surface area contributed by atoms with Gasteiger partial charge in [-0.1, -0.05) is 20.3 Å². The first-order valence-electron chi connectivity index (χ1n) is 7.27. The molecule has 1 aromatic rings. The van der Waals surface area contributed by atoms with E-state index in [-0.39, 0.29) is 0 Å². The first kappa shape index (κ1) is 14.4. The molecule has 1 aromatic heterocycles. The van der Waals surface area contributed by atoms with E-state index in [1.54, 1.807) is 6.20 Å². The highest BCUT2D eigenvalue weighted by Crippen LogP contribution is 2.31. The quantitative estimate of drug-likeness (QED) is 0.802. The van der Waals surface area contributed by atoms with Gasteiger partial charge >= 0.3 is 0 Å². The number of nitrogens with zero attached hydrogens (tertiary/aromatic N) is 2. The summed E-state index contributed by atoms with van der Waals surface area (Å²) in [5.41, 5.74) is 0. The van der Waals surface area contributed by atoms with Gasteiger partial charge in [-0.15, -0.1) is 0 Å². The molecule has 2 rings (SSSR count). The minimum Gasteiger partial charge on any atom is -0.369 e. The molecule has 0 radical (unpaired) electrons. The number of thioether (sulfide) groups is 1. The number of hydrogen-bond acceptors (Lipinski definition) is 5. The van der Waals surface area contributed by atoms with E-state index in [0.717, 1.165) is 29.9 Å². The van der Waals surface area contributed by atoms with Crippen molar-refractivity contribution < 1.29 is 0 Å². The lowest BCUT2D eigenvalue weighted by molar-refractivity contribution is 0.761.